The number of nitrogens with zero attached hydrogens (tertiary/aromatic N) is 2. The first-order valence-corrected chi connectivity index (χ1v) is 6.81. The Morgan fingerprint density at radius 3 is 3.15 bits per heavy atom. The molecule has 1 aromatic heterocycles. The molecule has 2 heterocycles. The average molecular weight is 280 g/mol. The number of amides is 1. The topological polar surface area (TPSA) is 85.2 Å². The quantitative estimate of drug-likeness (QED) is 0.747. The Balaban J connectivity index is 1.84. The first-order chi connectivity index (χ1) is 9.70. The summed E-state index contributed by atoms with van der Waals surface area (Å²) < 4.78 is 6.34. The van der Waals surface area contributed by atoms with Gasteiger partial charge in [-0.3, -0.25) is 14.3 Å². The summed E-state index contributed by atoms with van der Waals surface area (Å²) in [5, 5.41) is 10.3. The molecule has 7 heteroatoms. The molecule has 110 valence electrons. The SMILES string of the molecule is COC(=O)CCNC(=O)c1ccn(C2CCCNC2)n1. The number of piperidine rings is 1. The lowest BCUT2D eigenvalue weighted by atomic mass is 10.1. The van der Waals surface area contributed by atoms with Crippen LogP contribution in [0.15, 0.2) is 12.3 Å². The Morgan fingerprint density at radius 1 is 1.60 bits per heavy atom. The van der Waals surface area contributed by atoms with E-state index in [-0.39, 0.29) is 24.8 Å². The zero-order valence-electron chi connectivity index (χ0n) is 11.6. The summed E-state index contributed by atoms with van der Waals surface area (Å²) in [6.45, 7) is 2.17. The molecule has 0 radical (unpaired) electrons. The van der Waals surface area contributed by atoms with Gasteiger partial charge in [0.05, 0.1) is 19.6 Å². The second-order valence-electron chi connectivity index (χ2n) is 4.76. The molecule has 1 aromatic rings. The summed E-state index contributed by atoms with van der Waals surface area (Å²) in [6.07, 6.45) is 4.17. The van der Waals surface area contributed by atoms with Crippen LogP contribution in [0.1, 0.15) is 35.8 Å². The first kappa shape index (κ1) is 14.5. The lowest BCUT2D eigenvalue weighted by molar-refractivity contribution is -0.140. The van der Waals surface area contributed by atoms with Crippen LogP contribution in [0.25, 0.3) is 0 Å². The minimum atomic E-state index is -0.343. The molecular weight excluding hydrogens is 260 g/mol. The molecule has 2 N–H and O–H groups in total. The highest BCUT2D eigenvalue weighted by atomic mass is 16.5. The van der Waals surface area contributed by atoms with Gasteiger partial charge < -0.3 is 15.4 Å². The molecule has 1 aliphatic rings. The fourth-order valence-corrected chi connectivity index (χ4v) is 2.19. The summed E-state index contributed by atoms with van der Waals surface area (Å²) in [5.41, 5.74) is 0.375. The molecule has 1 saturated heterocycles. The van der Waals surface area contributed by atoms with Crippen molar-refractivity contribution in [2.24, 2.45) is 0 Å². The van der Waals surface area contributed by atoms with Crippen molar-refractivity contribution in [1.82, 2.24) is 20.4 Å². The van der Waals surface area contributed by atoms with Gasteiger partial charge >= 0.3 is 5.97 Å². The van der Waals surface area contributed by atoms with Gasteiger partial charge in [-0.2, -0.15) is 5.10 Å². The minimum Gasteiger partial charge on any atom is -0.469 e. The van der Waals surface area contributed by atoms with E-state index in [2.05, 4.69) is 20.5 Å². The van der Waals surface area contributed by atoms with E-state index in [9.17, 15) is 9.59 Å². The van der Waals surface area contributed by atoms with Gasteiger partial charge in [0.15, 0.2) is 0 Å². The number of nitrogens with one attached hydrogen (secondary N) is 2. The molecular formula is C13H20N4O3. The summed E-state index contributed by atoms with van der Waals surface area (Å²) in [4.78, 5) is 22.8. The van der Waals surface area contributed by atoms with Crippen molar-refractivity contribution in [3.8, 4) is 0 Å². The summed E-state index contributed by atoms with van der Waals surface area (Å²) in [6, 6.07) is 2.00. The van der Waals surface area contributed by atoms with Gasteiger partial charge in [0.1, 0.15) is 5.69 Å². The second-order valence-corrected chi connectivity index (χ2v) is 4.76. The summed E-state index contributed by atoms with van der Waals surface area (Å²) in [5.74, 6) is -0.611. The van der Waals surface area contributed by atoms with Gasteiger partial charge in [0, 0.05) is 19.3 Å². The van der Waals surface area contributed by atoms with Crippen LogP contribution in [-0.4, -0.2) is 48.4 Å². The van der Waals surface area contributed by atoms with E-state index in [0.717, 1.165) is 25.9 Å². The zero-order chi connectivity index (χ0) is 14.4. The Morgan fingerprint density at radius 2 is 2.45 bits per heavy atom. The molecule has 7 nitrogen and oxygen atoms in total. The fourth-order valence-electron chi connectivity index (χ4n) is 2.19. The Hall–Kier alpha value is -1.89. The van der Waals surface area contributed by atoms with Crippen molar-refractivity contribution in [2.45, 2.75) is 25.3 Å². The maximum atomic E-state index is 11.9. The molecule has 1 fully saturated rings. The van der Waals surface area contributed by atoms with Crippen LogP contribution in [0.4, 0.5) is 0 Å². The number of esters is 1. The van der Waals surface area contributed by atoms with Crippen LogP contribution >= 0.6 is 0 Å². The number of ether oxygens (including phenoxy) is 1. The van der Waals surface area contributed by atoms with Gasteiger partial charge in [-0.05, 0) is 25.5 Å². The average Bonchev–Trinajstić information content (AvgIpc) is 2.97. The molecule has 0 saturated carbocycles. The monoisotopic (exact) mass is 280 g/mol. The number of rotatable bonds is 5. The molecule has 20 heavy (non-hydrogen) atoms. The first-order valence-electron chi connectivity index (χ1n) is 6.81. The second kappa shape index (κ2) is 7.04. The Kier molecular flexibility index (Phi) is 5.11. The number of aromatic nitrogens is 2. The van der Waals surface area contributed by atoms with Gasteiger partial charge in [-0.15, -0.1) is 0 Å². The molecule has 1 aliphatic heterocycles. The number of methoxy groups -OCH3 is 1. The van der Waals surface area contributed by atoms with Crippen molar-refractivity contribution in [3.63, 3.8) is 0 Å². The molecule has 1 unspecified atom stereocenters. The van der Waals surface area contributed by atoms with Crippen LogP contribution in [0.5, 0.6) is 0 Å². The normalized spacial score (nSPS) is 18.6. The van der Waals surface area contributed by atoms with Crippen LogP contribution in [0.3, 0.4) is 0 Å². The van der Waals surface area contributed by atoms with Crippen LogP contribution in [0, 0.1) is 0 Å². The van der Waals surface area contributed by atoms with Gasteiger partial charge in [-0.25, -0.2) is 0 Å². The maximum Gasteiger partial charge on any atom is 0.307 e. The number of carbonyl (C=O) groups excluding carboxylic acids is 2. The Bertz CT molecular complexity index is 466. The molecule has 0 bridgehead atoms. The van der Waals surface area contributed by atoms with E-state index in [1.165, 1.54) is 7.11 Å². The van der Waals surface area contributed by atoms with Crippen LogP contribution in [-0.2, 0) is 9.53 Å². The number of hydrogen-bond acceptors (Lipinski definition) is 5. The Labute approximate surface area is 117 Å². The third-order valence-corrected chi connectivity index (χ3v) is 3.33. The highest BCUT2D eigenvalue weighted by molar-refractivity contribution is 5.92. The summed E-state index contributed by atoms with van der Waals surface area (Å²) in [7, 11) is 1.32. The molecule has 1 amide bonds. The van der Waals surface area contributed by atoms with E-state index in [1.807, 2.05) is 10.9 Å². The lowest BCUT2D eigenvalue weighted by Gasteiger charge is -2.22. The molecule has 2 rings (SSSR count). The van der Waals surface area contributed by atoms with Gasteiger partial charge in [0.25, 0.3) is 5.91 Å². The summed E-state index contributed by atoms with van der Waals surface area (Å²) >= 11 is 0. The van der Waals surface area contributed by atoms with Crippen molar-refractivity contribution in [3.05, 3.63) is 18.0 Å². The van der Waals surface area contributed by atoms with Crippen molar-refractivity contribution >= 4 is 11.9 Å². The molecule has 0 aliphatic carbocycles. The van der Waals surface area contributed by atoms with Crippen LogP contribution < -0.4 is 10.6 Å². The molecule has 1 atom stereocenters. The van der Waals surface area contributed by atoms with Crippen molar-refractivity contribution in [2.75, 3.05) is 26.7 Å². The largest absolute Gasteiger partial charge is 0.469 e. The zero-order valence-corrected chi connectivity index (χ0v) is 11.6. The third kappa shape index (κ3) is 3.80. The third-order valence-electron chi connectivity index (χ3n) is 3.33. The van der Waals surface area contributed by atoms with Crippen molar-refractivity contribution in [1.29, 1.82) is 0 Å². The fraction of sp³-hybridized carbons (Fsp3) is 0.615. The minimum absolute atomic E-state index is 0.162. The standard InChI is InChI=1S/C13H20N4O3/c1-20-12(18)4-7-15-13(19)11-5-8-17(16-11)10-3-2-6-14-9-10/h5,8,10,14H,2-4,6-7,9H2,1H3,(H,15,19). The van der Waals surface area contributed by atoms with Crippen LogP contribution in [0.2, 0.25) is 0 Å². The predicted octanol–water partition coefficient (Wildman–Crippen LogP) is 0.100. The van der Waals surface area contributed by atoms with E-state index in [4.69, 9.17) is 0 Å². The predicted molar refractivity (Wildman–Crippen MR) is 72.3 cm³/mol. The van der Waals surface area contributed by atoms with Crippen molar-refractivity contribution < 1.29 is 14.3 Å². The smallest absolute Gasteiger partial charge is 0.307 e. The van der Waals surface area contributed by atoms with E-state index < -0.39 is 0 Å². The number of hydrogen-bond donors (Lipinski definition) is 2. The van der Waals surface area contributed by atoms with E-state index in [0.29, 0.717) is 11.7 Å². The van der Waals surface area contributed by atoms with E-state index >= 15 is 0 Å². The lowest BCUT2D eigenvalue weighted by Crippen LogP contribution is -2.32. The van der Waals surface area contributed by atoms with Gasteiger partial charge in [-0.1, -0.05) is 0 Å². The number of carbonyl (C=O) groups is 2. The maximum absolute atomic E-state index is 11.9. The highest BCUT2D eigenvalue weighted by Crippen LogP contribution is 2.15. The van der Waals surface area contributed by atoms with Gasteiger partial charge in [0.2, 0.25) is 0 Å². The van der Waals surface area contributed by atoms with E-state index in [1.54, 1.807) is 6.07 Å². The highest BCUT2D eigenvalue weighted by Gasteiger charge is 2.17. The molecule has 0 aromatic carbocycles. The molecule has 0 spiro atoms.